The summed E-state index contributed by atoms with van der Waals surface area (Å²) in [5.41, 5.74) is 1.11. The fraction of sp³-hybridized carbons (Fsp3) is 0.654. The van der Waals surface area contributed by atoms with Crippen LogP contribution < -0.4 is 10.6 Å². The minimum atomic E-state index is -0.743. The van der Waals surface area contributed by atoms with Gasteiger partial charge in [-0.2, -0.15) is 0 Å². The molecule has 1 atom stereocenters. The molecule has 0 aromatic heterocycles. The molecule has 1 aromatic carbocycles. The Hall–Kier alpha value is -2.57. The van der Waals surface area contributed by atoms with Crippen LogP contribution in [0.5, 0.6) is 0 Å². The molecule has 0 saturated heterocycles. The van der Waals surface area contributed by atoms with Gasteiger partial charge in [0, 0.05) is 12.6 Å². The number of hydrogen-bond acceptors (Lipinski definition) is 4. The molecule has 0 bridgehead atoms. The van der Waals surface area contributed by atoms with Crippen molar-refractivity contribution in [2.24, 2.45) is 0 Å². The van der Waals surface area contributed by atoms with Gasteiger partial charge < -0.3 is 20.3 Å². The monoisotopic (exact) mass is 459 g/mol. The zero-order valence-electron chi connectivity index (χ0n) is 20.9. The number of unbranched alkanes of at least 4 members (excludes halogenated alkanes) is 1. The number of carbonyl (C=O) groups excluding carboxylic acids is 3. The summed E-state index contributed by atoms with van der Waals surface area (Å²) in [6.45, 7) is 9.52. The molecule has 2 rings (SSSR count). The molecule has 1 saturated carbocycles. The van der Waals surface area contributed by atoms with Gasteiger partial charge in [0.25, 0.3) is 0 Å². The number of amides is 3. The van der Waals surface area contributed by atoms with Crippen molar-refractivity contribution in [1.82, 2.24) is 15.5 Å². The van der Waals surface area contributed by atoms with Gasteiger partial charge in [-0.3, -0.25) is 9.59 Å². The largest absolute Gasteiger partial charge is 0.444 e. The highest BCUT2D eigenvalue weighted by molar-refractivity contribution is 5.90. The first-order valence-electron chi connectivity index (χ1n) is 12.2. The van der Waals surface area contributed by atoms with Crippen LogP contribution in [0.4, 0.5) is 4.79 Å². The van der Waals surface area contributed by atoms with Crippen molar-refractivity contribution in [3.63, 3.8) is 0 Å². The molecule has 184 valence electrons. The van der Waals surface area contributed by atoms with Gasteiger partial charge in [0.2, 0.25) is 11.8 Å². The average Bonchev–Trinajstić information content (AvgIpc) is 2.75. The number of aryl methyl sites for hydroxylation is 1. The first-order valence-corrected chi connectivity index (χ1v) is 12.2. The van der Waals surface area contributed by atoms with Crippen molar-refractivity contribution in [3.05, 3.63) is 35.4 Å². The van der Waals surface area contributed by atoms with Gasteiger partial charge in [-0.05, 0) is 58.1 Å². The molecular formula is C26H41N3O4. The van der Waals surface area contributed by atoms with Crippen molar-refractivity contribution in [2.45, 2.75) is 97.2 Å². The number of nitrogens with one attached hydrogen (secondary N) is 2. The number of rotatable bonds is 9. The molecule has 3 amide bonds. The van der Waals surface area contributed by atoms with E-state index in [2.05, 4.69) is 10.6 Å². The van der Waals surface area contributed by atoms with E-state index in [9.17, 15) is 14.4 Å². The molecule has 7 nitrogen and oxygen atoms in total. The Balaban J connectivity index is 2.26. The van der Waals surface area contributed by atoms with E-state index in [-0.39, 0.29) is 24.4 Å². The lowest BCUT2D eigenvalue weighted by atomic mass is 9.94. The highest BCUT2D eigenvalue weighted by atomic mass is 16.6. The van der Waals surface area contributed by atoms with E-state index in [0.29, 0.717) is 6.54 Å². The Morgan fingerprint density at radius 2 is 1.79 bits per heavy atom. The Kier molecular flexibility index (Phi) is 10.2. The molecule has 0 radical (unpaired) electrons. The number of alkyl carbamates (subject to hydrolysis) is 1. The van der Waals surface area contributed by atoms with E-state index in [1.165, 1.54) is 6.42 Å². The lowest BCUT2D eigenvalue weighted by molar-refractivity contribution is -0.140. The zero-order valence-corrected chi connectivity index (χ0v) is 20.9. The molecular weight excluding hydrogens is 418 g/mol. The average molecular weight is 460 g/mol. The quantitative estimate of drug-likeness (QED) is 0.563. The van der Waals surface area contributed by atoms with E-state index >= 15 is 0 Å². The normalized spacial score (nSPS) is 15.4. The highest BCUT2D eigenvalue weighted by Gasteiger charge is 2.33. The molecule has 1 aliphatic carbocycles. The van der Waals surface area contributed by atoms with Crippen molar-refractivity contribution < 1.29 is 19.1 Å². The minimum Gasteiger partial charge on any atom is -0.444 e. The molecule has 1 unspecified atom stereocenters. The minimum absolute atomic E-state index is 0.140. The van der Waals surface area contributed by atoms with Crippen LogP contribution in [0.2, 0.25) is 0 Å². The SMILES string of the molecule is CCCCN(C(=O)CNC(=O)OC(C)(C)C)C(C(=O)NC1CCCCC1)c1ccccc1C. The lowest BCUT2D eigenvalue weighted by Gasteiger charge is -2.34. The van der Waals surface area contributed by atoms with E-state index in [1.54, 1.807) is 25.7 Å². The maximum atomic E-state index is 13.6. The third-order valence-corrected chi connectivity index (χ3v) is 5.85. The number of benzene rings is 1. The topological polar surface area (TPSA) is 87.7 Å². The second kappa shape index (κ2) is 12.6. The van der Waals surface area contributed by atoms with E-state index in [0.717, 1.165) is 49.7 Å². The van der Waals surface area contributed by atoms with Crippen molar-refractivity contribution in [1.29, 1.82) is 0 Å². The summed E-state index contributed by atoms with van der Waals surface area (Å²) in [6, 6.07) is 7.08. The van der Waals surface area contributed by atoms with Crippen LogP contribution >= 0.6 is 0 Å². The Bertz CT molecular complexity index is 797. The van der Waals surface area contributed by atoms with Gasteiger partial charge in [0.15, 0.2) is 0 Å². The van der Waals surface area contributed by atoms with Crippen molar-refractivity contribution >= 4 is 17.9 Å². The second-order valence-corrected chi connectivity index (χ2v) is 9.90. The maximum absolute atomic E-state index is 13.6. The molecule has 1 aliphatic rings. The van der Waals surface area contributed by atoms with Crippen LogP contribution in [0.3, 0.4) is 0 Å². The fourth-order valence-electron chi connectivity index (χ4n) is 4.16. The molecule has 0 aliphatic heterocycles. The molecule has 1 fully saturated rings. The van der Waals surface area contributed by atoms with Crippen LogP contribution in [0, 0.1) is 6.92 Å². The number of hydrogen-bond donors (Lipinski definition) is 2. The van der Waals surface area contributed by atoms with Crippen molar-refractivity contribution in [2.75, 3.05) is 13.1 Å². The van der Waals surface area contributed by atoms with E-state index in [1.807, 2.05) is 38.1 Å². The molecule has 1 aromatic rings. The number of nitrogens with zero attached hydrogens (tertiary/aromatic N) is 1. The van der Waals surface area contributed by atoms with Gasteiger partial charge in [-0.1, -0.05) is 56.9 Å². The van der Waals surface area contributed by atoms with Crippen LogP contribution in [-0.4, -0.2) is 47.5 Å². The summed E-state index contributed by atoms with van der Waals surface area (Å²) >= 11 is 0. The maximum Gasteiger partial charge on any atom is 0.408 e. The van der Waals surface area contributed by atoms with Gasteiger partial charge in [-0.15, -0.1) is 0 Å². The molecule has 2 N–H and O–H groups in total. The fourth-order valence-corrected chi connectivity index (χ4v) is 4.16. The van der Waals surface area contributed by atoms with Crippen molar-refractivity contribution in [3.8, 4) is 0 Å². The van der Waals surface area contributed by atoms with Gasteiger partial charge >= 0.3 is 6.09 Å². The second-order valence-electron chi connectivity index (χ2n) is 9.90. The Morgan fingerprint density at radius 1 is 1.12 bits per heavy atom. The lowest BCUT2D eigenvalue weighted by Crippen LogP contribution is -2.50. The highest BCUT2D eigenvalue weighted by Crippen LogP contribution is 2.27. The Morgan fingerprint density at radius 3 is 2.39 bits per heavy atom. The smallest absolute Gasteiger partial charge is 0.408 e. The Labute approximate surface area is 198 Å². The third kappa shape index (κ3) is 8.71. The molecule has 33 heavy (non-hydrogen) atoms. The number of ether oxygens (including phenoxy) is 1. The van der Waals surface area contributed by atoms with E-state index in [4.69, 9.17) is 4.74 Å². The zero-order chi connectivity index (χ0) is 24.4. The molecule has 0 spiro atoms. The summed E-state index contributed by atoms with van der Waals surface area (Å²) in [7, 11) is 0. The standard InChI is InChI=1S/C26H41N3O4/c1-6-7-17-29(22(30)18-27-25(32)33-26(3,4)5)23(21-16-12-11-13-19(21)2)24(31)28-20-14-9-8-10-15-20/h11-13,16,20,23H,6-10,14-15,17-18H2,1-5H3,(H,27,32)(H,28,31). The number of carbonyl (C=O) groups is 3. The third-order valence-electron chi connectivity index (χ3n) is 5.85. The molecule has 7 heteroatoms. The van der Waals surface area contributed by atoms with Crippen LogP contribution in [0.15, 0.2) is 24.3 Å². The predicted octanol–water partition coefficient (Wildman–Crippen LogP) is 4.64. The van der Waals surface area contributed by atoms with Gasteiger partial charge in [0.05, 0.1) is 0 Å². The van der Waals surface area contributed by atoms with Gasteiger partial charge in [0.1, 0.15) is 18.2 Å². The van der Waals surface area contributed by atoms with Crippen LogP contribution in [-0.2, 0) is 14.3 Å². The molecule has 0 heterocycles. The van der Waals surface area contributed by atoms with Crippen LogP contribution in [0.1, 0.15) is 89.8 Å². The summed E-state index contributed by atoms with van der Waals surface area (Å²) in [6.07, 6.45) is 6.35. The summed E-state index contributed by atoms with van der Waals surface area (Å²) in [4.78, 5) is 40.6. The first kappa shape index (κ1) is 26.7. The predicted molar refractivity (Wildman–Crippen MR) is 130 cm³/mol. The summed E-state index contributed by atoms with van der Waals surface area (Å²) in [5, 5.41) is 5.76. The van der Waals surface area contributed by atoms with Gasteiger partial charge in [-0.25, -0.2) is 4.79 Å². The first-order chi connectivity index (χ1) is 15.6. The summed E-state index contributed by atoms with van der Waals surface area (Å²) < 4.78 is 5.26. The summed E-state index contributed by atoms with van der Waals surface area (Å²) in [5.74, 6) is -0.459. The van der Waals surface area contributed by atoms with Crippen LogP contribution in [0.25, 0.3) is 0 Å². The van der Waals surface area contributed by atoms with E-state index < -0.39 is 17.7 Å².